The first-order chi connectivity index (χ1) is 15.4. The molecule has 0 radical (unpaired) electrons. The van der Waals surface area contributed by atoms with Crippen molar-refractivity contribution in [2.45, 2.75) is 19.4 Å². The van der Waals surface area contributed by atoms with Crippen LogP contribution in [0, 0.1) is 5.82 Å². The number of benzene rings is 2. The topological polar surface area (TPSA) is 85.5 Å². The van der Waals surface area contributed by atoms with Gasteiger partial charge in [-0.05, 0) is 35.9 Å². The molecule has 0 saturated carbocycles. The number of para-hydroxylation sites is 1. The van der Waals surface area contributed by atoms with E-state index in [2.05, 4.69) is 10.3 Å². The summed E-state index contributed by atoms with van der Waals surface area (Å²) in [5.74, 6) is -1.02. The molecule has 166 valence electrons. The number of carbonyl (C=O) groups excluding carboxylic acids is 3. The van der Waals surface area contributed by atoms with Crippen LogP contribution in [-0.4, -0.2) is 64.7 Å². The van der Waals surface area contributed by atoms with Crippen molar-refractivity contribution in [3.63, 3.8) is 0 Å². The summed E-state index contributed by atoms with van der Waals surface area (Å²) in [5, 5.41) is 3.80. The Morgan fingerprint density at radius 2 is 1.66 bits per heavy atom. The predicted octanol–water partition coefficient (Wildman–Crippen LogP) is 2.34. The van der Waals surface area contributed by atoms with Crippen molar-refractivity contribution in [3.8, 4) is 0 Å². The molecule has 32 heavy (non-hydrogen) atoms. The Morgan fingerprint density at radius 1 is 1.00 bits per heavy atom. The third-order valence-electron chi connectivity index (χ3n) is 5.74. The fraction of sp³-hybridized carbons (Fsp3) is 0.292. The molecule has 8 heteroatoms. The quantitative estimate of drug-likeness (QED) is 0.644. The van der Waals surface area contributed by atoms with Gasteiger partial charge in [-0.25, -0.2) is 4.39 Å². The average Bonchev–Trinajstić information content (AvgIpc) is 3.21. The summed E-state index contributed by atoms with van der Waals surface area (Å²) >= 11 is 0. The van der Waals surface area contributed by atoms with E-state index < -0.39 is 11.9 Å². The smallest absolute Gasteiger partial charge is 0.253 e. The Hall–Kier alpha value is -3.68. The van der Waals surface area contributed by atoms with Crippen LogP contribution in [0.1, 0.15) is 22.8 Å². The lowest BCUT2D eigenvalue weighted by Crippen LogP contribution is -2.56. The van der Waals surface area contributed by atoms with Crippen molar-refractivity contribution >= 4 is 28.6 Å². The molecule has 1 atom stereocenters. The standard InChI is InChI=1S/C24H25FN4O3/c1-16(30)27-22(14-18-15-26-21-5-3-2-4-20(18)21)24(32)29-12-10-28(11-13-29)23(31)17-6-8-19(25)9-7-17/h2-9,15,22,26H,10-14H2,1H3,(H,27,30). The predicted molar refractivity (Wildman–Crippen MR) is 118 cm³/mol. The minimum Gasteiger partial charge on any atom is -0.361 e. The highest BCUT2D eigenvalue weighted by molar-refractivity contribution is 5.94. The summed E-state index contributed by atoms with van der Waals surface area (Å²) in [7, 11) is 0. The van der Waals surface area contributed by atoms with E-state index in [1.54, 1.807) is 9.80 Å². The molecule has 2 heterocycles. The SMILES string of the molecule is CC(=O)NC(Cc1c[nH]c2ccccc12)C(=O)N1CCN(C(=O)c2ccc(F)cc2)CC1. The Labute approximate surface area is 185 Å². The number of carbonyl (C=O) groups is 3. The summed E-state index contributed by atoms with van der Waals surface area (Å²) in [6.45, 7) is 2.89. The molecule has 0 aliphatic carbocycles. The third kappa shape index (κ3) is 4.64. The monoisotopic (exact) mass is 436 g/mol. The highest BCUT2D eigenvalue weighted by atomic mass is 19.1. The van der Waals surface area contributed by atoms with Gasteiger partial charge >= 0.3 is 0 Å². The zero-order chi connectivity index (χ0) is 22.7. The lowest BCUT2D eigenvalue weighted by atomic mass is 10.0. The Balaban J connectivity index is 1.42. The van der Waals surface area contributed by atoms with Gasteiger partial charge in [0.05, 0.1) is 0 Å². The highest BCUT2D eigenvalue weighted by Gasteiger charge is 2.30. The van der Waals surface area contributed by atoms with Crippen LogP contribution in [0.2, 0.25) is 0 Å². The van der Waals surface area contributed by atoms with Crippen molar-refractivity contribution in [1.82, 2.24) is 20.1 Å². The average molecular weight is 436 g/mol. The molecule has 0 bridgehead atoms. The maximum absolute atomic E-state index is 13.2. The number of hydrogen-bond donors (Lipinski definition) is 2. The van der Waals surface area contributed by atoms with Gasteiger partial charge in [-0.15, -0.1) is 0 Å². The second-order valence-corrected chi connectivity index (χ2v) is 7.94. The molecule has 2 N–H and O–H groups in total. The van der Waals surface area contributed by atoms with Gasteiger partial charge in [-0.2, -0.15) is 0 Å². The van der Waals surface area contributed by atoms with Gasteiger partial charge in [0.2, 0.25) is 11.8 Å². The molecule has 1 saturated heterocycles. The lowest BCUT2D eigenvalue weighted by Gasteiger charge is -2.36. The minimum absolute atomic E-state index is 0.167. The number of aromatic nitrogens is 1. The number of H-pyrrole nitrogens is 1. The molecule has 7 nitrogen and oxygen atoms in total. The largest absolute Gasteiger partial charge is 0.361 e. The van der Waals surface area contributed by atoms with Gasteiger partial charge in [-0.1, -0.05) is 18.2 Å². The van der Waals surface area contributed by atoms with E-state index in [9.17, 15) is 18.8 Å². The fourth-order valence-corrected chi connectivity index (χ4v) is 4.09. The van der Waals surface area contributed by atoms with Crippen LogP contribution in [0.15, 0.2) is 54.7 Å². The van der Waals surface area contributed by atoms with E-state index >= 15 is 0 Å². The van der Waals surface area contributed by atoms with E-state index in [4.69, 9.17) is 0 Å². The van der Waals surface area contributed by atoms with Crippen molar-refractivity contribution in [3.05, 3.63) is 71.7 Å². The van der Waals surface area contributed by atoms with Gasteiger partial charge in [0.25, 0.3) is 5.91 Å². The maximum atomic E-state index is 13.2. The lowest BCUT2D eigenvalue weighted by molar-refractivity contribution is -0.137. The van der Waals surface area contributed by atoms with Crippen molar-refractivity contribution in [2.24, 2.45) is 0 Å². The van der Waals surface area contributed by atoms with Crippen LogP contribution in [-0.2, 0) is 16.0 Å². The molecule has 1 aliphatic rings. The first-order valence-corrected chi connectivity index (χ1v) is 10.6. The number of amides is 3. The summed E-state index contributed by atoms with van der Waals surface area (Å²) < 4.78 is 13.1. The molecule has 4 rings (SSSR count). The van der Waals surface area contributed by atoms with Gasteiger partial charge in [0.15, 0.2) is 0 Å². The molecule has 1 fully saturated rings. The van der Waals surface area contributed by atoms with E-state index in [0.29, 0.717) is 38.2 Å². The number of aromatic amines is 1. The number of nitrogens with one attached hydrogen (secondary N) is 2. The summed E-state index contributed by atoms with van der Waals surface area (Å²) in [6.07, 6.45) is 2.24. The normalized spacial score (nSPS) is 14.9. The van der Waals surface area contributed by atoms with Crippen LogP contribution >= 0.6 is 0 Å². The zero-order valence-electron chi connectivity index (χ0n) is 17.8. The molecule has 0 spiro atoms. The van der Waals surface area contributed by atoms with E-state index in [1.165, 1.54) is 31.2 Å². The molecule has 3 amide bonds. The maximum Gasteiger partial charge on any atom is 0.253 e. The molecule has 3 aromatic rings. The second-order valence-electron chi connectivity index (χ2n) is 7.94. The zero-order valence-corrected chi connectivity index (χ0v) is 17.8. The van der Waals surface area contributed by atoms with Gasteiger partial charge in [0.1, 0.15) is 11.9 Å². The first-order valence-electron chi connectivity index (χ1n) is 10.6. The molecule has 2 aromatic carbocycles. The van der Waals surface area contributed by atoms with Gasteiger partial charge in [0, 0.05) is 62.2 Å². The highest BCUT2D eigenvalue weighted by Crippen LogP contribution is 2.20. The molecular weight excluding hydrogens is 411 g/mol. The fourth-order valence-electron chi connectivity index (χ4n) is 4.09. The molecule has 1 unspecified atom stereocenters. The van der Waals surface area contributed by atoms with E-state index in [1.807, 2.05) is 30.5 Å². The van der Waals surface area contributed by atoms with Crippen molar-refractivity contribution < 1.29 is 18.8 Å². The second kappa shape index (κ2) is 9.21. The van der Waals surface area contributed by atoms with Crippen LogP contribution < -0.4 is 5.32 Å². The summed E-state index contributed by atoms with van der Waals surface area (Å²) in [6, 6.07) is 12.6. The first kappa shape index (κ1) is 21.5. The van der Waals surface area contributed by atoms with E-state index in [0.717, 1.165) is 16.5 Å². The van der Waals surface area contributed by atoms with Crippen LogP contribution in [0.4, 0.5) is 4.39 Å². The molecule has 1 aromatic heterocycles. The van der Waals surface area contributed by atoms with Gasteiger partial charge < -0.3 is 20.1 Å². The molecule has 1 aliphatic heterocycles. The number of rotatable bonds is 5. The van der Waals surface area contributed by atoms with Crippen LogP contribution in [0.5, 0.6) is 0 Å². The van der Waals surface area contributed by atoms with Crippen molar-refractivity contribution in [2.75, 3.05) is 26.2 Å². The number of nitrogens with zero attached hydrogens (tertiary/aromatic N) is 2. The van der Waals surface area contributed by atoms with Crippen molar-refractivity contribution in [1.29, 1.82) is 0 Å². The Bertz CT molecular complexity index is 1130. The van der Waals surface area contributed by atoms with E-state index in [-0.39, 0.29) is 17.7 Å². The number of fused-ring (bicyclic) bond motifs is 1. The minimum atomic E-state index is -0.689. The van der Waals surface area contributed by atoms with Crippen LogP contribution in [0.25, 0.3) is 10.9 Å². The number of piperazine rings is 1. The Kier molecular flexibility index (Phi) is 6.20. The number of halogens is 1. The van der Waals surface area contributed by atoms with Gasteiger partial charge in [-0.3, -0.25) is 14.4 Å². The summed E-state index contributed by atoms with van der Waals surface area (Å²) in [5.41, 5.74) is 2.35. The summed E-state index contributed by atoms with van der Waals surface area (Å²) in [4.78, 5) is 44.2. The third-order valence-corrected chi connectivity index (χ3v) is 5.74. The Morgan fingerprint density at radius 3 is 2.34 bits per heavy atom. The number of hydrogen-bond acceptors (Lipinski definition) is 3. The molecular formula is C24H25FN4O3. The van der Waals surface area contributed by atoms with Crippen LogP contribution in [0.3, 0.4) is 0 Å².